The first-order chi connectivity index (χ1) is 15.7. The van der Waals surface area contributed by atoms with Gasteiger partial charge in [0.1, 0.15) is 24.6 Å². The number of nitrogens with two attached hydrogens (primary N) is 1. The minimum atomic E-state index is -3.85. The van der Waals surface area contributed by atoms with Crippen LogP contribution in [0, 0.1) is 0 Å². The standard InChI is InChI=1S/C20H25N7O5S/c1-26(2)18-15-19(23-10-22-18)27(11-24-15)20-17(29)16(28)14(32-20)9-25-33(30,31)8-7-12-5-3-4-6-13(12)21/h3-8,10-11,14,16-17,20,25,28-29H,9,21H2,1-2H3/b8-7+/t14-,16-,17-,20-/m1/s1. The van der Waals surface area contributed by atoms with Crippen LogP contribution in [0.15, 0.2) is 42.3 Å². The van der Waals surface area contributed by atoms with Crippen LogP contribution in [-0.4, -0.2) is 77.1 Å². The molecule has 1 saturated heterocycles. The molecule has 5 N–H and O–H groups in total. The Morgan fingerprint density at radius 3 is 2.70 bits per heavy atom. The van der Waals surface area contributed by atoms with Crippen molar-refractivity contribution in [3.63, 3.8) is 0 Å². The first-order valence-corrected chi connectivity index (χ1v) is 11.6. The van der Waals surface area contributed by atoms with Gasteiger partial charge in [0.05, 0.1) is 6.33 Å². The number of anilines is 2. The van der Waals surface area contributed by atoms with Crippen LogP contribution in [0.3, 0.4) is 0 Å². The van der Waals surface area contributed by atoms with Crippen molar-refractivity contribution in [1.82, 2.24) is 24.2 Å². The minimum absolute atomic E-state index is 0.254. The van der Waals surface area contributed by atoms with Gasteiger partial charge in [-0.3, -0.25) is 4.57 Å². The topological polar surface area (TPSA) is 169 Å². The zero-order valence-electron chi connectivity index (χ0n) is 18.0. The molecule has 3 heterocycles. The van der Waals surface area contributed by atoms with Gasteiger partial charge in [-0.25, -0.2) is 28.1 Å². The Morgan fingerprint density at radius 2 is 1.97 bits per heavy atom. The number of imidazole rings is 1. The second-order valence-electron chi connectivity index (χ2n) is 7.79. The fourth-order valence-corrected chi connectivity index (χ4v) is 4.37. The number of para-hydroxylation sites is 1. The van der Waals surface area contributed by atoms with Crippen LogP contribution < -0.4 is 15.4 Å². The van der Waals surface area contributed by atoms with E-state index in [0.717, 1.165) is 5.41 Å². The summed E-state index contributed by atoms with van der Waals surface area (Å²) in [6.45, 7) is -0.254. The molecule has 4 atom stereocenters. The van der Waals surface area contributed by atoms with E-state index in [1.165, 1.54) is 23.3 Å². The van der Waals surface area contributed by atoms with Gasteiger partial charge in [0, 0.05) is 31.7 Å². The highest BCUT2D eigenvalue weighted by Crippen LogP contribution is 2.32. The molecule has 0 spiro atoms. The number of fused-ring (bicyclic) bond motifs is 1. The van der Waals surface area contributed by atoms with Crippen molar-refractivity contribution in [3.05, 3.63) is 47.9 Å². The number of aliphatic hydroxyl groups is 2. The zero-order valence-corrected chi connectivity index (χ0v) is 18.8. The monoisotopic (exact) mass is 475 g/mol. The summed E-state index contributed by atoms with van der Waals surface area (Å²) in [5, 5.41) is 22.0. The average Bonchev–Trinajstić information content (AvgIpc) is 3.33. The summed E-state index contributed by atoms with van der Waals surface area (Å²) in [5.41, 5.74) is 7.73. The molecule has 176 valence electrons. The second kappa shape index (κ2) is 9.03. The first-order valence-electron chi connectivity index (χ1n) is 10.1. The quantitative estimate of drug-likeness (QED) is 0.332. The fourth-order valence-electron chi connectivity index (χ4n) is 3.55. The highest BCUT2D eigenvalue weighted by molar-refractivity contribution is 7.92. The highest BCUT2D eigenvalue weighted by atomic mass is 32.2. The molecule has 0 saturated carbocycles. The van der Waals surface area contributed by atoms with Crippen molar-refractivity contribution >= 4 is 38.8 Å². The molecule has 13 heteroatoms. The number of rotatable bonds is 7. The average molecular weight is 476 g/mol. The van der Waals surface area contributed by atoms with E-state index in [-0.39, 0.29) is 6.54 Å². The summed E-state index contributed by atoms with van der Waals surface area (Å²) in [5.74, 6) is 0.585. The Hall–Kier alpha value is -3.10. The Kier molecular flexibility index (Phi) is 6.32. The largest absolute Gasteiger partial charge is 0.398 e. The third-order valence-electron chi connectivity index (χ3n) is 5.28. The van der Waals surface area contributed by atoms with Crippen LogP contribution in [0.4, 0.5) is 11.5 Å². The first kappa shape index (κ1) is 23.1. The molecular weight excluding hydrogens is 450 g/mol. The molecule has 1 aliphatic rings. The number of nitrogens with one attached hydrogen (secondary N) is 1. The number of nitrogen functional groups attached to an aromatic ring is 1. The van der Waals surface area contributed by atoms with Crippen LogP contribution >= 0.6 is 0 Å². The third kappa shape index (κ3) is 4.67. The summed E-state index contributed by atoms with van der Waals surface area (Å²) in [6.07, 6.45) is -0.488. The Labute approximate surface area is 190 Å². The van der Waals surface area contributed by atoms with Crippen LogP contribution in [-0.2, 0) is 14.8 Å². The number of ether oxygens (including phenoxy) is 1. The lowest BCUT2D eigenvalue weighted by atomic mass is 10.1. The van der Waals surface area contributed by atoms with Crippen molar-refractivity contribution in [2.45, 2.75) is 24.5 Å². The maximum Gasteiger partial charge on any atom is 0.233 e. The van der Waals surface area contributed by atoms with E-state index in [9.17, 15) is 18.6 Å². The number of hydrogen-bond donors (Lipinski definition) is 4. The van der Waals surface area contributed by atoms with E-state index >= 15 is 0 Å². The normalized spacial score (nSPS) is 23.5. The van der Waals surface area contributed by atoms with Gasteiger partial charge in [0.25, 0.3) is 0 Å². The third-order valence-corrected chi connectivity index (χ3v) is 6.35. The lowest BCUT2D eigenvalue weighted by Gasteiger charge is -2.17. The summed E-state index contributed by atoms with van der Waals surface area (Å²) < 4.78 is 34.4. The van der Waals surface area contributed by atoms with Crippen LogP contribution in [0.5, 0.6) is 0 Å². The van der Waals surface area contributed by atoms with Crippen molar-refractivity contribution in [2.75, 3.05) is 31.3 Å². The Bertz CT molecular complexity index is 1280. The van der Waals surface area contributed by atoms with Crippen molar-refractivity contribution in [2.24, 2.45) is 0 Å². The van der Waals surface area contributed by atoms with E-state index in [0.29, 0.717) is 28.2 Å². The van der Waals surface area contributed by atoms with E-state index in [4.69, 9.17) is 10.5 Å². The molecule has 33 heavy (non-hydrogen) atoms. The lowest BCUT2D eigenvalue weighted by molar-refractivity contribution is -0.0329. The van der Waals surface area contributed by atoms with Gasteiger partial charge in [-0.15, -0.1) is 0 Å². The predicted molar refractivity (Wildman–Crippen MR) is 122 cm³/mol. The molecule has 2 aromatic heterocycles. The molecule has 0 aliphatic carbocycles. The van der Waals surface area contributed by atoms with E-state index in [1.807, 2.05) is 14.1 Å². The van der Waals surface area contributed by atoms with Crippen LogP contribution in [0.25, 0.3) is 17.2 Å². The molecular formula is C20H25N7O5S. The molecule has 1 fully saturated rings. The number of sulfonamides is 1. The van der Waals surface area contributed by atoms with Gasteiger partial charge in [-0.1, -0.05) is 18.2 Å². The second-order valence-corrected chi connectivity index (χ2v) is 9.44. The van der Waals surface area contributed by atoms with Gasteiger partial charge >= 0.3 is 0 Å². The molecule has 4 rings (SSSR count). The number of hydrogen-bond acceptors (Lipinski definition) is 10. The SMILES string of the molecule is CN(C)c1ncnc2c1ncn2[C@@H]1O[C@H](CNS(=O)(=O)/C=C/c2ccccc2N)[C@@H](O)[C@H]1O. The smallest absolute Gasteiger partial charge is 0.233 e. The van der Waals surface area contributed by atoms with Gasteiger partial charge in [-0.05, 0) is 17.7 Å². The minimum Gasteiger partial charge on any atom is -0.398 e. The number of benzene rings is 1. The van der Waals surface area contributed by atoms with E-state index in [2.05, 4.69) is 19.7 Å². The maximum atomic E-state index is 12.4. The van der Waals surface area contributed by atoms with Crippen molar-refractivity contribution in [3.8, 4) is 0 Å². The summed E-state index contributed by atoms with van der Waals surface area (Å²) >= 11 is 0. The summed E-state index contributed by atoms with van der Waals surface area (Å²) in [7, 11) is -0.223. The van der Waals surface area contributed by atoms with Gasteiger partial charge in [0.15, 0.2) is 23.2 Å². The number of aliphatic hydroxyl groups excluding tert-OH is 2. The molecule has 0 amide bonds. The molecule has 0 bridgehead atoms. The molecule has 1 aromatic carbocycles. The zero-order chi connectivity index (χ0) is 23.8. The molecule has 0 unspecified atom stereocenters. The predicted octanol–water partition coefficient (Wildman–Crippen LogP) is -0.316. The van der Waals surface area contributed by atoms with Crippen molar-refractivity contribution < 1.29 is 23.4 Å². The number of nitrogens with zero attached hydrogens (tertiary/aromatic N) is 5. The van der Waals surface area contributed by atoms with Crippen LogP contribution in [0.2, 0.25) is 0 Å². The van der Waals surface area contributed by atoms with Gasteiger partial charge < -0.3 is 25.6 Å². The fraction of sp³-hybridized carbons (Fsp3) is 0.350. The van der Waals surface area contributed by atoms with Gasteiger partial charge in [-0.2, -0.15) is 0 Å². The summed E-state index contributed by atoms with van der Waals surface area (Å²) in [6, 6.07) is 6.84. The molecule has 0 radical (unpaired) electrons. The van der Waals surface area contributed by atoms with Crippen molar-refractivity contribution in [1.29, 1.82) is 0 Å². The molecule has 3 aromatic rings. The van der Waals surface area contributed by atoms with E-state index in [1.54, 1.807) is 29.2 Å². The summed E-state index contributed by atoms with van der Waals surface area (Å²) in [4.78, 5) is 14.5. The molecule has 12 nitrogen and oxygen atoms in total. The molecule has 1 aliphatic heterocycles. The lowest BCUT2D eigenvalue weighted by Crippen LogP contribution is -2.39. The van der Waals surface area contributed by atoms with E-state index < -0.39 is 34.6 Å². The Morgan fingerprint density at radius 1 is 1.21 bits per heavy atom. The number of aromatic nitrogens is 4. The Balaban J connectivity index is 1.48. The van der Waals surface area contributed by atoms with Gasteiger partial charge in [0.2, 0.25) is 10.0 Å². The maximum absolute atomic E-state index is 12.4. The van der Waals surface area contributed by atoms with Crippen LogP contribution in [0.1, 0.15) is 11.8 Å². The highest BCUT2D eigenvalue weighted by Gasteiger charge is 2.44.